The highest BCUT2D eigenvalue weighted by Crippen LogP contribution is 2.26. The van der Waals surface area contributed by atoms with Gasteiger partial charge in [-0.25, -0.2) is 9.79 Å². The number of carbonyl (C=O) groups is 2. The molecule has 0 fully saturated rings. The predicted octanol–water partition coefficient (Wildman–Crippen LogP) is 3.65. The number of nitrogens with zero attached hydrogens (tertiary/aromatic N) is 3. The molecule has 7 nitrogen and oxygen atoms in total. The Kier molecular flexibility index (Phi) is 5.41. The van der Waals surface area contributed by atoms with Gasteiger partial charge in [0, 0.05) is 23.5 Å². The number of carbonyl (C=O) groups excluding carboxylic acids is 2. The van der Waals surface area contributed by atoms with Crippen molar-refractivity contribution in [3.05, 3.63) is 76.8 Å². The van der Waals surface area contributed by atoms with Crippen molar-refractivity contribution in [2.45, 2.75) is 33.3 Å². The first-order valence-corrected chi connectivity index (χ1v) is 9.02. The number of ether oxygens (including phenoxy) is 1. The normalized spacial score (nSPS) is 15.4. The molecule has 0 saturated carbocycles. The van der Waals surface area contributed by atoms with Gasteiger partial charge in [0.05, 0.1) is 11.3 Å². The van der Waals surface area contributed by atoms with E-state index in [1.165, 1.54) is 13.1 Å². The number of pyridine rings is 1. The van der Waals surface area contributed by atoms with Gasteiger partial charge in [0.15, 0.2) is 5.84 Å². The van der Waals surface area contributed by atoms with E-state index in [-0.39, 0.29) is 22.9 Å². The van der Waals surface area contributed by atoms with Crippen LogP contribution in [0.3, 0.4) is 0 Å². The molecule has 0 aliphatic carbocycles. The number of aliphatic imine (C=N–C) groups is 2. The Hall–Kier alpha value is -3.61. The van der Waals surface area contributed by atoms with Crippen LogP contribution in [0.5, 0.6) is 0 Å². The fourth-order valence-corrected chi connectivity index (χ4v) is 2.78. The number of esters is 1. The van der Waals surface area contributed by atoms with E-state index in [1.54, 1.807) is 63.4 Å². The third-order valence-electron chi connectivity index (χ3n) is 3.96. The van der Waals surface area contributed by atoms with Crippen LogP contribution in [0, 0.1) is 0 Å². The van der Waals surface area contributed by atoms with Gasteiger partial charge in [-0.15, -0.1) is 0 Å². The van der Waals surface area contributed by atoms with Crippen molar-refractivity contribution < 1.29 is 19.4 Å². The topological polar surface area (TPSA) is 101 Å². The third kappa shape index (κ3) is 4.45. The van der Waals surface area contributed by atoms with Crippen molar-refractivity contribution in [3.63, 3.8) is 0 Å². The Morgan fingerprint density at radius 1 is 1.07 bits per heavy atom. The number of hydrogen-bond acceptors (Lipinski definition) is 5. The molecule has 1 amide bonds. The maximum Gasteiger partial charge on any atom is 0.344 e. The van der Waals surface area contributed by atoms with E-state index in [4.69, 9.17) is 4.74 Å². The molecular weight excluding hydrogens is 370 g/mol. The molecule has 1 aliphatic heterocycles. The second-order valence-electron chi connectivity index (χ2n) is 7.45. The molecule has 3 rings (SSSR count). The first-order valence-electron chi connectivity index (χ1n) is 9.02. The van der Waals surface area contributed by atoms with Crippen LogP contribution in [0.25, 0.3) is 0 Å². The molecule has 0 radical (unpaired) electrons. The van der Waals surface area contributed by atoms with E-state index in [9.17, 15) is 14.7 Å². The number of rotatable bonds is 3. The van der Waals surface area contributed by atoms with Crippen LogP contribution >= 0.6 is 0 Å². The summed E-state index contributed by atoms with van der Waals surface area (Å²) >= 11 is 0. The molecule has 2 heterocycles. The Morgan fingerprint density at radius 2 is 1.76 bits per heavy atom. The summed E-state index contributed by atoms with van der Waals surface area (Å²) in [7, 11) is 0. The molecule has 7 heteroatoms. The van der Waals surface area contributed by atoms with Gasteiger partial charge in [0.25, 0.3) is 5.91 Å². The Morgan fingerprint density at radius 3 is 2.34 bits per heavy atom. The van der Waals surface area contributed by atoms with Gasteiger partial charge in [-0.3, -0.25) is 9.78 Å². The first-order chi connectivity index (χ1) is 13.7. The van der Waals surface area contributed by atoms with E-state index in [0.717, 1.165) is 0 Å². The molecule has 29 heavy (non-hydrogen) atoms. The van der Waals surface area contributed by atoms with Gasteiger partial charge < -0.3 is 9.84 Å². The minimum absolute atomic E-state index is 0.0635. The number of aliphatic hydroxyl groups is 1. The summed E-state index contributed by atoms with van der Waals surface area (Å²) < 4.78 is 5.42. The maximum absolute atomic E-state index is 12.7. The molecule has 2 aromatic rings. The summed E-state index contributed by atoms with van der Waals surface area (Å²) in [5.74, 6) is -1.28. The van der Waals surface area contributed by atoms with Crippen molar-refractivity contribution >= 4 is 23.4 Å². The number of benzene rings is 1. The van der Waals surface area contributed by atoms with Gasteiger partial charge >= 0.3 is 5.97 Å². The van der Waals surface area contributed by atoms with Crippen LogP contribution in [0.1, 0.15) is 49.2 Å². The number of amides is 1. The van der Waals surface area contributed by atoms with Crippen LogP contribution in [-0.2, 0) is 9.53 Å². The molecule has 1 N–H and O–H groups in total. The van der Waals surface area contributed by atoms with Crippen molar-refractivity contribution in [1.29, 1.82) is 0 Å². The van der Waals surface area contributed by atoms with Crippen LogP contribution in [0.2, 0.25) is 0 Å². The fourth-order valence-electron chi connectivity index (χ4n) is 2.78. The quantitative estimate of drug-likeness (QED) is 0.489. The predicted molar refractivity (Wildman–Crippen MR) is 109 cm³/mol. The molecular formula is C22H21N3O4. The standard InChI is InChI=1S/C22H21N3O4/c1-13(26)17(21(28)29-22(2,3)4)18-15-9-5-6-10-16(15)19(24-18)25-20(27)14-8-7-11-23-12-14/h5-12,26H,1-4H3. The second-order valence-corrected chi connectivity index (χ2v) is 7.45. The van der Waals surface area contributed by atoms with Crippen molar-refractivity contribution in [1.82, 2.24) is 4.98 Å². The summed E-state index contributed by atoms with van der Waals surface area (Å²) in [6, 6.07) is 10.3. The Bertz CT molecular complexity index is 1060. The monoisotopic (exact) mass is 391 g/mol. The lowest BCUT2D eigenvalue weighted by Crippen LogP contribution is -2.28. The molecule has 1 aliphatic rings. The van der Waals surface area contributed by atoms with Crippen LogP contribution in [0.4, 0.5) is 0 Å². The second kappa shape index (κ2) is 7.79. The zero-order chi connectivity index (χ0) is 21.2. The van der Waals surface area contributed by atoms with Gasteiger partial charge in [-0.05, 0) is 39.8 Å². The Labute approximate surface area is 168 Å². The number of aliphatic hydroxyl groups excluding tert-OH is 1. The van der Waals surface area contributed by atoms with E-state index >= 15 is 0 Å². The van der Waals surface area contributed by atoms with Crippen molar-refractivity contribution in [2.75, 3.05) is 0 Å². The van der Waals surface area contributed by atoms with E-state index in [2.05, 4.69) is 15.0 Å². The lowest BCUT2D eigenvalue weighted by molar-refractivity contribution is -0.149. The van der Waals surface area contributed by atoms with Gasteiger partial charge in [-0.1, -0.05) is 24.3 Å². The average Bonchev–Trinajstić information content (AvgIpc) is 2.99. The SMILES string of the molecule is CC(O)=C(C(=O)OC(C)(C)C)C1=NC(=NC(=O)c2cccnc2)c2ccccc21. The summed E-state index contributed by atoms with van der Waals surface area (Å²) in [6.45, 7) is 6.59. The van der Waals surface area contributed by atoms with Crippen LogP contribution < -0.4 is 0 Å². The van der Waals surface area contributed by atoms with Crippen molar-refractivity contribution in [3.8, 4) is 0 Å². The smallest absolute Gasteiger partial charge is 0.344 e. The first kappa shape index (κ1) is 20.1. The highest BCUT2D eigenvalue weighted by molar-refractivity contribution is 6.36. The molecule has 0 spiro atoms. The van der Waals surface area contributed by atoms with E-state index < -0.39 is 17.5 Å². The lowest BCUT2D eigenvalue weighted by Gasteiger charge is -2.21. The highest BCUT2D eigenvalue weighted by atomic mass is 16.6. The van der Waals surface area contributed by atoms with Gasteiger partial charge in [0.2, 0.25) is 0 Å². The summed E-state index contributed by atoms with van der Waals surface area (Å²) in [5, 5.41) is 10.2. The third-order valence-corrected chi connectivity index (χ3v) is 3.96. The highest BCUT2D eigenvalue weighted by Gasteiger charge is 2.32. The number of amidine groups is 1. The lowest BCUT2D eigenvalue weighted by atomic mass is 9.99. The molecule has 0 unspecified atom stereocenters. The van der Waals surface area contributed by atoms with E-state index in [0.29, 0.717) is 16.7 Å². The van der Waals surface area contributed by atoms with Crippen LogP contribution in [-0.4, -0.2) is 39.1 Å². The molecule has 1 aromatic carbocycles. The van der Waals surface area contributed by atoms with Gasteiger partial charge in [0.1, 0.15) is 16.9 Å². The number of allylic oxidation sites excluding steroid dienone is 1. The van der Waals surface area contributed by atoms with Crippen LogP contribution in [0.15, 0.2) is 70.1 Å². The summed E-state index contributed by atoms with van der Waals surface area (Å²) in [5.41, 5.74) is 0.895. The largest absolute Gasteiger partial charge is 0.512 e. The van der Waals surface area contributed by atoms with E-state index in [1.807, 2.05) is 0 Å². The molecule has 0 bridgehead atoms. The molecule has 148 valence electrons. The Balaban J connectivity index is 2.08. The van der Waals surface area contributed by atoms with Gasteiger partial charge in [-0.2, -0.15) is 4.99 Å². The average molecular weight is 391 g/mol. The number of hydrogen-bond donors (Lipinski definition) is 1. The molecule has 0 saturated heterocycles. The zero-order valence-electron chi connectivity index (χ0n) is 16.6. The maximum atomic E-state index is 12.7. The number of aromatic nitrogens is 1. The van der Waals surface area contributed by atoms with Crippen molar-refractivity contribution in [2.24, 2.45) is 9.98 Å². The minimum Gasteiger partial charge on any atom is -0.512 e. The fraction of sp³-hybridized carbons (Fsp3) is 0.227. The minimum atomic E-state index is -0.746. The number of fused-ring (bicyclic) bond motifs is 1. The molecule has 1 aromatic heterocycles. The zero-order valence-corrected chi connectivity index (χ0v) is 16.6. The molecule has 0 atom stereocenters. The summed E-state index contributed by atoms with van der Waals surface area (Å²) in [4.78, 5) is 37.6. The summed E-state index contributed by atoms with van der Waals surface area (Å²) in [6.07, 6.45) is 2.98.